The van der Waals surface area contributed by atoms with Gasteiger partial charge in [-0.2, -0.15) is 4.31 Å². The summed E-state index contributed by atoms with van der Waals surface area (Å²) in [6, 6.07) is 21.6. The van der Waals surface area contributed by atoms with Crippen molar-refractivity contribution >= 4 is 27.4 Å². The maximum absolute atomic E-state index is 12.9. The Bertz CT molecular complexity index is 1290. The van der Waals surface area contributed by atoms with Gasteiger partial charge in [-0.1, -0.05) is 36.4 Å². The molecule has 3 aromatic carbocycles. The molecule has 8 nitrogen and oxygen atoms in total. The first-order chi connectivity index (χ1) is 16.8. The number of ether oxygens (including phenoxy) is 2. The number of anilines is 1. The molecule has 182 valence electrons. The van der Waals surface area contributed by atoms with Crippen LogP contribution < -0.4 is 10.1 Å². The average Bonchev–Trinajstić information content (AvgIpc) is 2.90. The number of rotatable bonds is 8. The maximum Gasteiger partial charge on any atom is 0.265 e. The Labute approximate surface area is 204 Å². The lowest BCUT2D eigenvalue weighted by atomic mass is 10.0. The normalized spacial score (nSPS) is 15.2. The standard InChI is InChI=1S/C26H26N2O6S/c1-19(34-23-12-10-21(11-13-23)25(29)20-6-3-2-4-7-20)26(30)27-22-8-5-9-24(18-22)35(31,32)28-14-16-33-17-15-28/h2-13,18-19H,14-17H2,1H3,(H,27,30)/t19-/m1/s1. The highest BCUT2D eigenvalue weighted by molar-refractivity contribution is 7.89. The maximum atomic E-state index is 12.9. The van der Waals surface area contributed by atoms with E-state index in [1.165, 1.54) is 16.4 Å². The summed E-state index contributed by atoms with van der Waals surface area (Å²) >= 11 is 0. The van der Waals surface area contributed by atoms with Crippen LogP contribution in [0.4, 0.5) is 5.69 Å². The van der Waals surface area contributed by atoms with Crippen molar-refractivity contribution in [2.45, 2.75) is 17.9 Å². The van der Waals surface area contributed by atoms with Crippen molar-refractivity contribution in [3.8, 4) is 5.75 Å². The van der Waals surface area contributed by atoms with Crippen molar-refractivity contribution < 1.29 is 27.5 Å². The van der Waals surface area contributed by atoms with Gasteiger partial charge in [0.25, 0.3) is 5.91 Å². The number of amides is 1. The summed E-state index contributed by atoms with van der Waals surface area (Å²) in [5.41, 5.74) is 1.45. The summed E-state index contributed by atoms with van der Waals surface area (Å²) in [6.45, 7) is 2.88. The van der Waals surface area contributed by atoms with E-state index < -0.39 is 22.0 Å². The van der Waals surface area contributed by atoms with Gasteiger partial charge >= 0.3 is 0 Å². The third-order valence-corrected chi connectivity index (χ3v) is 7.44. The molecule has 1 saturated heterocycles. The lowest BCUT2D eigenvalue weighted by Crippen LogP contribution is -2.40. The molecule has 35 heavy (non-hydrogen) atoms. The predicted octanol–water partition coefficient (Wildman–Crippen LogP) is 3.34. The van der Waals surface area contributed by atoms with Crippen LogP contribution in [0.25, 0.3) is 0 Å². The number of nitrogens with one attached hydrogen (secondary N) is 1. The molecule has 1 aliphatic rings. The average molecular weight is 495 g/mol. The number of ketones is 1. The van der Waals surface area contributed by atoms with Crippen LogP contribution in [0, 0.1) is 0 Å². The second kappa shape index (κ2) is 10.8. The number of carbonyl (C=O) groups excluding carboxylic acids is 2. The highest BCUT2D eigenvalue weighted by Gasteiger charge is 2.26. The zero-order valence-electron chi connectivity index (χ0n) is 19.2. The molecule has 0 spiro atoms. The van der Waals surface area contributed by atoms with Crippen LogP contribution in [0.2, 0.25) is 0 Å². The topological polar surface area (TPSA) is 102 Å². The summed E-state index contributed by atoms with van der Waals surface area (Å²) in [4.78, 5) is 25.3. The zero-order chi connectivity index (χ0) is 24.8. The van der Waals surface area contributed by atoms with Crippen molar-refractivity contribution in [1.29, 1.82) is 0 Å². The fourth-order valence-electron chi connectivity index (χ4n) is 3.61. The van der Waals surface area contributed by atoms with Crippen molar-refractivity contribution in [2.75, 3.05) is 31.6 Å². The fraction of sp³-hybridized carbons (Fsp3) is 0.231. The fourth-order valence-corrected chi connectivity index (χ4v) is 5.07. The van der Waals surface area contributed by atoms with Crippen molar-refractivity contribution in [3.63, 3.8) is 0 Å². The van der Waals surface area contributed by atoms with E-state index in [9.17, 15) is 18.0 Å². The molecule has 1 amide bonds. The largest absolute Gasteiger partial charge is 0.481 e. The van der Waals surface area contributed by atoms with Crippen LogP contribution in [-0.2, 0) is 19.6 Å². The summed E-state index contributed by atoms with van der Waals surface area (Å²) in [5.74, 6) is -0.105. The SMILES string of the molecule is C[C@@H](Oc1ccc(C(=O)c2ccccc2)cc1)C(=O)Nc1cccc(S(=O)(=O)N2CCOCC2)c1. The first-order valence-corrected chi connectivity index (χ1v) is 12.6. The van der Waals surface area contributed by atoms with Crippen molar-refractivity contribution in [1.82, 2.24) is 4.31 Å². The molecule has 1 atom stereocenters. The van der Waals surface area contributed by atoms with Gasteiger partial charge in [0.2, 0.25) is 10.0 Å². The van der Waals surface area contributed by atoms with E-state index in [0.717, 1.165) is 0 Å². The van der Waals surface area contributed by atoms with Gasteiger partial charge in [-0.05, 0) is 49.4 Å². The van der Waals surface area contributed by atoms with E-state index in [1.807, 2.05) is 6.07 Å². The van der Waals surface area contributed by atoms with E-state index in [0.29, 0.717) is 48.9 Å². The van der Waals surface area contributed by atoms with E-state index in [1.54, 1.807) is 67.6 Å². The Morgan fingerprint density at radius 3 is 2.26 bits per heavy atom. The minimum absolute atomic E-state index is 0.101. The molecular formula is C26H26N2O6S. The first kappa shape index (κ1) is 24.6. The minimum Gasteiger partial charge on any atom is -0.481 e. The molecule has 0 aromatic heterocycles. The number of hydrogen-bond donors (Lipinski definition) is 1. The number of benzene rings is 3. The molecule has 9 heteroatoms. The molecular weight excluding hydrogens is 468 g/mol. The second-order valence-electron chi connectivity index (χ2n) is 8.01. The molecule has 0 bridgehead atoms. The molecule has 1 heterocycles. The predicted molar refractivity (Wildman–Crippen MR) is 131 cm³/mol. The minimum atomic E-state index is -3.68. The zero-order valence-corrected chi connectivity index (χ0v) is 20.0. The highest BCUT2D eigenvalue weighted by Crippen LogP contribution is 2.21. The number of hydrogen-bond acceptors (Lipinski definition) is 6. The van der Waals surface area contributed by atoms with Crippen LogP contribution in [0.15, 0.2) is 83.8 Å². The lowest BCUT2D eigenvalue weighted by Gasteiger charge is -2.26. The van der Waals surface area contributed by atoms with Crippen LogP contribution >= 0.6 is 0 Å². The molecule has 0 radical (unpaired) electrons. The van der Waals surface area contributed by atoms with Crippen LogP contribution in [-0.4, -0.2) is 56.8 Å². The van der Waals surface area contributed by atoms with Gasteiger partial charge in [0.05, 0.1) is 18.1 Å². The molecule has 0 aliphatic carbocycles. The highest BCUT2D eigenvalue weighted by atomic mass is 32.2. The van der Waals surface area contributed by atoms with Gasteiger partial charge in [0, 0.05) is 29.9 Å². The van der Waals surface area contributed by atoms with E-state index in [2.05, 4.69) is 5.32 Å². The van der Waals surface area contributed by atoms with E-state index >= 15 is 0 Å². The Hall–Kier alpha value is -3.53. The molecule has 0 unspecified atom stereocenters. The van der Waals surface area contributed by atoms with Gasteiger partial charge in [-0.3, -0.25) is 9.59 Å². The van der Waals surface area contributed by atoms with E-state index in [-0.39, 0.29) is 10.7 Å². The molecule has 0 saturated carbocycles. The van der Waals surface area contributed by atoms with Gasteiger partial charge in [-0.25, -0.2) is 8.42 Å². The van der Waals surface area contributed by atoms with E-state index in [4.69, 9.17) is 9.47 Å². The van der Waals surface area contributed by atoms with Gasteiger partial charge in [0.15, 0.2) is 11.9 Å². The Morgan fingerprint density at radius 1 is 0.914 bits per heavy atom. The third kappa shape index (κ3) is 5.94. The van der Waals surface area contributed by atoms with Crippen LogP contribution in [0.1, 0.15) is 22.8 Å². The van der Waals surface area contributed by atoms with Crippen LogP contribution in [0.5, 0.6) is 5.75 Å². The van der Waals surface area contributed by atoms with Crippen LogP contribution in [0.3, 0.4) is 0 Å². The molecule has 3 aromatic rings. The van der Waals surface area contributed by atoms with Gasteiger partial charge in [0.1, 0.15) is 5.75 Å². The van der Waals surface area contributed by atoms with Gasteiger partial charge < -0.3 is 14.8 Å². The molecule has 4 rings (SSSR count). The smallest absolute Gasteiger partial charge is 0.265 e. The first-order valence-electron chi connectivity index (χ1n) is 11.2. The quantitative estimate of drug-likeness (QED) is 0.482. The Balaban J connectivity index is 1.38. The Kier molecular flexibility index (Phi) is 7.60. The molecule has 1 fully saturated rings. The van der Waals surface area contributed by atoms with Gasteiger partial charge in [-0.15, -0.1) is 0 Å². The molecule has 1 N–H and O–H groups in total. The number of carbonyl (C=O) groups is 2. The third-order valence-electron chi connectivity index (χ3n) is 5.54. The number of sulfonamides is 1. The summed E-state index contributed by atoms with van der Waals surface area (Å²) < 4.78 is 38.1. The number of nitrogens with zero attached hydrogens (tertiary/aromatic N) is 1. The summed E-state index contributed by atoms with van der Waals surface area (Å²) in [5, 5.41) is 2.70. The monoisotopic (exact) mass is 494 g/mol. The van der Waals surface area contributed by atoms with Crippen molar-refractivity contribution in [3.05, 3.63) is 90.0 Å². The lowest BCUT2D eigenvalue weighted by molar-refractivity contribution is -0.122. The Morgan fingerprint density at radius 2 is 1.57 bits per heavy atom. The summed E-state index contributed by atoms with van der Waals surface area (Å²) in [7, 11) is -3.68. The number of morpholine rings is 1. The molecule has 1 aliphatic heterocycles. The summed E-state index contributed by atoms with van der Waals surface area (Å²) in [6.07, 6.45) is -0.856. The van der Waals surface area contributed by atoms with Crippen molar-refractivity contribution in [2.24, 2.45) is 0 Å². The second-order valence-corrected chi connectivity index (χ2v) is 9.95.